The monoisotopic (exact) mass is 1050 g/mol. The van der Waals surface area contributed by atoms with Crippen molar-refractivity contribution in [2.75, 3.05) is 0 Å². The van der Waals surface area contributed by atoms with Gasteiger partial charge in [-0.05, 0) is 106 Å². The molecule has 333 valence electrons. The van der Waals surface area contributed by atoms with Crippen molar-refractivity contribution in [1.29, 1.82) is 0 Å². The first-order valence-electron chi connectivity index (χ1n) is 25.8. The summed E-state index contributed by atoms with van der Waals surface area (Å²) < 4.78 is 91.1. The Hall–Kier alpha value is -6.47. The Morgan fingerprint density at radius 2 is 1.53 bits per heavy atom. The van der Waals surface area contributed by atoms with Gasteiger partial charge in [-0.1, -0.05) is 125 Å². The fourth-order valence-electron chi connectivity index (χ4n) is 9.02. The molecule has 0 spiro atoms. The third-order valence-electron chi connectivity index (χ3n) is 11.8. The van der Waals surface area contributed by atoms with Crippen LogP contribution >= 0.6 is 0 Å². The zero-order valence-corrected chi connectivity index (χ0v) is 40.0. The quantitative estimate of drug-likeness (QED) is 0.149. The Balaban J connectivity index is 0.000000199. The van der Waals surface area contributed by atoms with Crippen LogP contribution < -0.4 is 0 Å². The number of nitrogens with zero attached hydrogens (tertiary/aromatic N) is 5. The molecule has 6 aromatic carbocycles. The Labute approximate surface area is 410 Å². The van der Waals surface area contributed by atoms with E-state index in [1.807, 2.05) is 59.0 Å². The van der Waals surface area contributed by atoms with Gasteiger partial charge in [0.2, 0.25) is 5.89 Å². The molecule has 0 fully saturated rings. The van der Waals surface area contributed by atoms with Crippen LogP contribution in [0.4, 0.5) is 4.39 Å². The van der Waals surface area contributed by atoms with Crippen molar-refractivity contribution in [3.63, 3.8) is 0 Å². The summed E-state index contributed by atoms with van der Waals surface area (Å²) in [4.78, 5) is 13.7. The molecule has 0 N–H and O–H groups in total. The summed E-state index contributed by atoms with van der Waals surface area (Å²) in [7, 11) is 0. The van der Waals surface area contributed by atoms with Gasteiger partial charge >= 0.3 is 0 Å². The smallest absolute Gasteiger partial charge is 0.225 e. The minimum absolute atomic E-state index is 0. The van der Waals surface area contributed by atoms with E-state index in [0.717, 1.165) is 44.2 Å². The number of aromatic nitrogens is 5. The number of imidazole rings is 1. The van der Waals surface area contributed by atoms with Gasteiger partial charge in [0.05, 0.1) is 23.1 Å². The van der Waals surface area contributed by atoms with E-state index in [-0.39, 0.29) is 42.6 Å². The van der Waals surface area contributed by atoms with E-state index < -0.39 is 25.5 Å². The molecule has 1 radical (unpaired) electrons. The van der Waals surface area contributed by atoms with E-state index in [9.17, 15) is 4.39 Å². The summed E-state index contributed by atoms with van der Waals surface area (Å²) in [6.45, 7) is 8.98. The van der Waals surface area contributed by atoms with Crippen LogP contribution in [0.5, 0.6) is 0 Å². The summed E-state index contributed by atoms with van der Waals surface area (Å²) in [6.07, 6.45) is 2.17. The molecular weight excluding hydrogens is 994 g/mol. The van der Waals surface area contributed by atoms with Gasteiger partial charge in [0.15, 0.2) is 0 Å². The number of hydrogen-bond acceptors (Lipinski definition) is 4. The average molecular weight is 1050 g/mol. The number of rotatable bonds is 7. The first-order chi connectivity index (χ1) is 34.5. The molecule has 0 aliphatic carbocycles. The van der Waals surface area contributed by atoms with Crippen LogP contribution in [0.25, 0.3) is 88.9 Å². The molecule has 0 aliphatic heterocycles. The number of hydrogen-bond donors (Lipinski definition) is 0. The maximum atomic E-state index is 13.5. The number of oxazole rings is 1. The Morgan fingerprint density at radius 1 is 0.788 bits per heavy atom. The van der Waals surface area contributed by atoms with Gasteiger partial charge in [-0.3, -0.25) is 14.4 Å². The molecular formula is C58H52FIrN5O-2. The number of halogens is 1. The van der Waals surface area contributed by atoms with Gasteiger partial charge in [-0.2, -0.15) is 0 Å². The molecule has 66 heavy (non-hydrogen) atoms. The fraction of sp³-hybridized carbons (Fsp3) is 0.224. The second-order valence-electron chi connectivity index (χ2n) is 18.2. The van der Waals surface area contributed by atoms with E-state index in [0.29, 0.717) is 50.8 Å². The number of fused-ring (bicyclic) bond motifs is 7. The van der Waals surface area contributed by atoms with Crippen LogP contribution in [0.15, 0.2) is 132 Å². The predicted molar refractivity (Wildman–Crippen MR) is 265 cm³/mol. The molecule has 0 unspecified atom stereocenters. The van der Waals surface area contributed by atoms with Crippen molar-refractivity contribution in [2.24, 2.45) is 5.41 Å². The number of aryl methyl sites for hydroxylation is 2. The van der Waals surface area contributed by atoms with Gasteiger partial charge in [-0.25, -0.2) is 4.98 Å². The SMILES string of the molecule is CC(C)c1cccc(C(C)C)c1-n1c(-c2[c-]cc(F)cc2)nc2ccccc21.[2H]C([2H])([2H])c1cnc(-c2[c-]c3c4ccccc4n4c5cc(-c6ncco6)cc(C([2H])([2H])[2H])c5c(c2)c34)cc1C([2H])([2H])C(C)(C)C.[Ir]. The number of pyridine rings is 1. The van der Waals surface area contributed by atoms with Crippen molar-refractivity contribution >= 4 is 49.1 Å². The topological polar surface area (TPSA) is 61.2 Å². The van der Waals surface area contributed by atoms with Crippen LogP contribution in [-0.2, 0) is 26.5 Å². The van der Waals surface area contributed by atoms with Gasteiger partial charge < -0.3 is 13.4 Å². The van der Waals surface area contributed by atoms with Gasteiger partial charge in [0, 0.05) is 71.1 Å². The summed E-state index contributed by atoms with van der Waals surface area (Å²) in [5.41, 5.74) is 9.24. The standard InChI is InChI=1S/C33H28N3O.C25H24FN2.Ir/c1-19-12-22(32-34-10-11-37-32)16-29-30(19)26-14-21(27-15-23(17-33(3,4)5)20(2)18-35-27)13-25-24-8-6-7-9-28(24)36(29)31(25)26;1-16(2)20-8-7-9-21(17(3)4)24(20)28-23-11-6-5-10-22(23)27-25(28)18-12-14-19(26)15-13-18;/h6-12,14-16,18H,17H2,1-5H3;5-12,14-17H,1-4H3;/q2*-1;/i1D3,2D3,17D2;;. The number of benzene rings is 6. The minimum Gasteiger partial charge on any atom is -0.445 e. The van der Waals surface area contributed by atoms with Crippen LogP contribution in [0, 0.1) is 37.1 Å². The molecule has 5 heterocycles. The first kappa shape index (κ1) is 35.7. The van der Waals surface area contributed by atoms with E-state index in [4.69, 9.17) is 20.4 Å². The van der Waals surface area contributed by atoms with Gasteiger partial charge in [0.1, 0.15) is 6.26 Å². The molecule has 11 aromatic rings. The summed E-state index contributed by atoms with van der Waals surface area (Å²) in [5.74, 6) is 1.52. The van der Waals surface area contributed by atoms with Gasteiger partial charge in [-0.15, -0.1) is 42.0 Å². The van der Waals surface area contributed by atoms with Crippen LogP contribution in [0.2, 0.25) is 0 Å². The molecule has 0 atom stereocenters. The average Bonchev–Trinajstić information content (AvgIpc) is 4.15. The van der Waals surface area contributed by atoms with E-state index >= 15 is 0 Å². The summed E-state index contributed by atoms with van der Waals surface area (Å²) >= 11 is 0. The zero-order valence-electron chi connectivity index (χ0n) is 45.6. The Kier molecular flexibility index (Phi) is 9.42. The van der Waals surface area contributed by atoms with E-state index in [1.165, 1.54) is 53.7 Å². The normalized spacial score (nSPS) is 14.4. The van der Waals surface area contributed by atoms with E-state index in [2.05, 4.69) is 78.6 Å². The summed E-state index contributed by atoms with van der Waals surface area (Å²) in [5, 5.41) is 2.83. The maximum Gasteiger partial charge on any atom is 0.225 e. The van der Waals surface area contributed by atoms with Crippen molar-refractivity contribution in [3.8, 4) is 39.8 Å². The van der Waals surface area contributed by atoms with Crippen molar-refractivity contribution < 1.29 is 39.9 Å². The van der Waals surface area contributed by atoms with E-state index in [1.54, 1.807) is 32.9 Å². The third kappa shape index (κ3) is 7.90. The third-order valence-corrected chi connectivity index (χ3v) is 11.8. The van der Waals surface area contributed by atoms with Gasteiger partial charge in [0.25, 0.3) is 0 Å². The zero-order chi connectivity index (χ0) is 52.1. The van der Waals surface area contributed by atoms with Crippen LogP contribution in [0.1, 0.15) is 99.1 Å². The largest absolute Gasteiger partial charge is 0.445 e. The molecule has 5 aromatic heterocycles. The molecule has 8 heteroatoms. The molecule has 0 bridgehead atoms. The second kappa shape index (κ2) is 17.4. The van der Waals surface area contributed by atoms with Crippen molar-refractivity contribution in [1.82, 2.24) is 23.9 Å². The summed E-state index contributed by atoms with van der Waals surface area (Å²) in [6, 6.07) is 40.4. The maximum absolute atomic E-state index is 13.5. The van der Waals surface area contributed by atoms with Crippen LogP contribution in [-0.4, -0.2) is 23.9 Å². The molecule has 0 saturated heterocycles. The van der Waals surface area contributed by atoms with Crippen LogP contribution in [0.3, 0.4) is 0 Å². The predicted octanol–water partition coefficient (Wildman–Crippen LogP) is 15.4. The fourth-order valence-corrected chi connectivity index (χ4v) is 9.02. The first-order valence-corrected chi connectivity index (χ1v) is 21.8. The molecule has 6 nitrogen and oxygen atoms in total. The second-order valence-corrected chi connectivity index (χ2v) is 18.2. The number of para-hydroxylation sites is 4. The Morgan fingerprint density at radius 3 is 2.21 bits per heavy atom. The Bertz CT molecular complexity index is 3840. The minimum atomic E-state index is -2.58. The molecule has 11 rings (SSSR count). The molecule has 0 amide bonds. The molecule has 0 saturated carbocycles. The van der Waals surface area contributed by atoms with Crippen molar-refractivity contribution in [2.45, 2.75) is 80.4 Å². The van der Waals surface area contributed by atoms with Crippen molar-refractivity contribution in [3.05, 3.63) is 174 Å². The molecule has 0 aliphatic rings.